The second kappa shape index (κ2) is 6.26. The van der Waals surface area contributed by atoms with Gasteiger partial charge in [-0.1, -0.05) is 13.0 Å². The summed E-state index contributed by atoms with van der Waals surface area (Å²) >= 11 is 3.29. The second-order valence-electron chi connectivity index (χ2n) is 4.41. The molecule has 2 rings (SSSR count). The summed E-state index contributed by atoms with van der Waals surface area (Å²) in [5.41, 5.74) is 0.890. The van der Waals surface area contributed by atoms with Gasteiger partial charge < -0.3 is 0 Å². The largest absolute Gasteiger partial charge is 0.292 e. The fraction of sp³-hybridized carbons (Fsp3) is 0.286. The van der Waals surface area contributed by atoms with E-state index in [9.17, 15) is 13.6 Å². The highest BCUT2D eigenvalue weighted by Gasteiger charge is 2.17. The number of ketones is 1. The van der Waals surface area contributed by atoms with E-state index in [2.05, 4.69) is 21.0 Å². The number of nitrogens with zero attached hydrogens (tertiary/aromatic N) is 2. The van der Waals surface area contributed by atoms with Gasteiger partial charge in [-0.25, -0.2) is 8.78 Å². The van der Waals surface area contributed by atoms with Crippen molar-refractivity contribution in [3.63, 3.8) is 0 Å². The van der Waals surface area contributed by atoms with Crippen molar-refractivity contribution < 1.29 is 13.6 Å². The van der Waals surface area contributed by atoms with Gasteiger partial charge in [0, 0.05) is 13.0 Å². The number of rotatable bonds is 5. The lowest BCUT2D eigenvalue weighted by Gasteiger charge is -2.06. The first-order valence-corrected chi connectivity index (χ1v) is 7.00. The Morgan fingerprint density at radius 3 is 2.75 bits per heavy atom. The summed E-state index contributed by atoms with van der Waals surface area (Å²) in [5, 5.41) is 4.11. The molecule has 1 aromatic carbocycles. The number of carbonyl (C=O) groups is 1. The van der Waals surface area contributed by atoms with Crippen molar-refractivity contribution in [2.45, 2.75) is 26.3 Å². The Morgan fingerprint density at radius 2 is 2.10 bits per heavy atom. The minimum Gasteiger partial charge on any atom is -0.292 e. The first-order chi connectivity index (χ1) is 9.52. The molecule has 0 aliphatic rings. The maximum atomic E-state index is 13.1. The molecule has 0 N–H and O–H groups in total. The molecule has 0 spiro atoms. The van der Waals surface area contributed by atoms with Gasteiger partial charge in [0.2, 0.25) is 0 Å². The topological polar surface area (TPSA) is 34.9 Å². The Morgan fingerprint density at radius 1 is 1.35 bits per heavy atom. The maximum Gasteiger partial charge on any atom is 0.186 e. The van der Waals surface area contributed by atoms with Crippen molar-refractivity contribution in [2.75, 3.05) is 0 Å². The number of benzene rings is 1. The van der Waals surface area contributed by atoms with Crippen molar-refractivity contribution in [1.29, 1.82) is 0 Å². The first kappa shape index (κ1) is 14.8. The molecule has 0 bridgehead atoms. The average molecular weight is 343 g/mol. The Kier molecular flexibility index (Phi) is 4.65. The third kappa shape index (κ3) is 3.12. The van der Waals surface area contributed by atoms with Gasteiger partial charge in [0.15, 0.2) is 17.4 Å². The van der Waals surface area contributed by atoms with Crippen LogP contribution in [-0.4, -0.2) is 15.6 Å². The molecule has 0 saturated heterocycles. The second-order valence-corrected chi connectivity index (χ2v) is 5.27. The zero-order chi connectivity index (χ0) is 14.7. The number of Topliss-reactive ketones (excluding diaryl/α,β-unsaturated/α-hetero) is 1. The lowest BCUT2D eigenvalue weighted by atomic mass is 10.1. The smallest absolute Gasteiger partial charge is 0.186 e. The lowest BCUT2D eigenvalue weighted by Crippen LogP contribution is -2.13. The molecule has 0 aliphatic carbocycles. The summed E-state index contributed by atoms with van der Waals surface area (Å²) in [4.78, 5) is 12.3. The maximum absolute atomic E-state index is 13.1. The van der Waals surface area contributed by atoms with Crippen LogP contribution >= 0.6 is 15.9 Å². The van der Waals surface area contributed by atoms with E-state index in [4.69, 9.17) is 0 Å². The van der Waals surface area contributed by atoms with E-state index in [1.165, 1.54) is 6.07 Å². The number of halogens is 3. The number of hydrogen-bond donors (Lipinski definition) is 0. The first-order valence-electron chi connectivity index (χ1n) is 6.21. The molecule has 0 radical (unpaired) electrons. The summed E-state index contributed by atoms with van der Waals surface area (Å²) in [6.07, 6.45) is 2.42. The van der Waals surface area contributed by atoms with Crippen LogP contribution < -0.4 is 0 Å². The van der Waals surface area contributed by atoms with E-state index >= 15 is 0 Å². The molecule has 2 aromatic rings. The molecule has 1 heterocycles. The van der Waals surface area contributed by atoms with E-state index in [0.29, 0.717) is 22.3 Å². The van der Waals surface area contributed by atoms with E-state index in [1.54, 1.807) is 10.9 Å². The Hall–Kier alpha value is -1.56. The minimum absolute atomic E-state index is 0.00517. The van der Waals surface area contributed by atoms with E-state index in [-0.39, 0.29) is 12.2 Å². The lowest BCUT2D eigenvalue weighted by molar-refractivity contribution is 0.0981. The standard InChI is InChI=1S/C14H13BrF2N2O/c1-2-5-19-14(10(15)8-18-19)13(20)7-9-3-4-11(16)12(17)6-9/h3-4,6,8H,2,5,7H2,1H3. The normalized spacial score (nSPS) is 10.8. The molecule has 0 amide bonds. The summed E-state index contributed by atoms with van der Waals surface area (Å²) in [5.74, 6) is -2.05. The number of aryl methyl sites for hydroxylation is 1. The third-order valence-electron chi connectivity index (χ3n) is 2.84. The van der Waals surface area contributed by atoms with E-state index < -0.39 is 11.6 Å². The van der Waals surface area contributed by atoms with Crippen LogP contribution in [0, 0.1) is 11.6 Å². The van der Waals surface area contributed by atoms with Gasteiger partial charge in [0.05, 0.1) is 10.7 Å². The zero-order valence-electron chi connectivity index (χ0n) is 10.9. The molecule has 0 fully saturated rings. The summed E-state index contributed by atoms with van der Waals surface area (Å²) in [6, 6.07) is 3.47. The molecule has 0 aliphatic heterocycles. The van der Waals surface area contributed by atoms with E-state index in [1.807, 2.05) is 6.92 Å². The molecular weight excluding hydrogens is 330 g/mol. The van der Waals surface area contributed by atoms with Crippen LogP contribution in [0.3, 0.4) is 0 Å². The number of carbonyl (C=O) groups excluding carboxylic acids is 1. The highest BCUT2D eigenvalue weighted by atomic mass is 79.9. The van der Waals surface area contributed by atoms with Gasteiger partial charge in [-0.05, 0) is 40.0 Å². The van der Waals surface area contributed by atoms with Crippen LogP contribution in [0.5, 0.6) is 0 Å². The average Bonchev–Trinajstić information content (AvgIpc) is 2.76. The fourth-order valence-electron chi connectivity index (χ4n) is 1.94. The number of aromatic nitrogens is 2. The summed E-state index contributed by atoms with van der Waals surface area (Å²) < 4.78 is 28.2. The van der Waals surface area contributed by atoms with Crippen molar-refractivity contribution in [1.82, 2.24) is 9.78 Å². The third-order valence-corrected chi connectivity index (χ3v) is 3.42. The Bertz CT molecular complexity index is 640. The minimum atomic E-state index is -0.948. The van der Waals surface area contributed by atoms with Gasteiger partial charge in [0.25, 0.3) is 0 Å². The van der Waals surface area contributed by atoms with E-state index in [0.717, 1.165) is 18.6 Å². The van der Waals surface area contributed by atoms with Gasteiger partial charge in [-0.3, -0.25) is 9.48 Å². The quantitative estimate of drug-likeness (QED) is 0.775. The van der Waals surface area contributed by atoms with Crippen LogP contribution in [-0.2, 0) is 13.0 Å². The highest BCUT2D eigenvalue weighted by molar-refractivity contribution is 9.10. The van der Waals surface area contributed by atoms with Gasteiger partial charge in [-0.15, -0.1) is 0 Å². The van der Waals surface area contributed by atoms with Gasteiger partial charge in [-0.2, -0.15) is 5.10 Å². The summed E-state index contributed by atoms with van der Waals surface area (Å²) in [6.45, 7) is 2.61. The molecule has 0 atom stereocenters. The Labute approximate surface area is 123 Å². The predicted octanol–water partition coefficient (Wildman–Crippen LogP) is 3.76. The monoisotopic (exact) mass is 342 g/mol. The van der Waals surface area contributed by atoms with Crippen molar-refractivity contribution in [3.05, 3.63) is 51.8 Å². The number of hydrogen-bond acceptors (Lipinski definition) is 2. The molecule has 0 unspecified atom stereocenters. The van der Waals surface area contributed by atoms with Crippen LogP contribution in [0.25, 0.3) is 0 Å². The molecule has 1 aromatic heterocycles. The van der Waals surface area contributed by atoms with Gasteiger partial charge in [0.1, 0.15) is 5.69 Å². The SMILES string of the molecule is CCCn1ncc(Br)c1C(=O)Cc1ccc(F)c(F)c1. The van der Waals surface area contributed by atoms with Gasteiger partial charge >= 0.3 is 0 Å². The molecule has 106 valence electrons. The molecule has 6 heteroatoms. The van der Waals surface area contributed by atoms with Crippen molar-refractivity contribution in [3.8, 4) is 0 Å². The molecule has 20 heavy (non-hydrogen) atoms. The van der Waals surface area contributed by atoms with Crippen LogP contribution in [0.2, 0.25) is 0 Å². The van der Waals surface area contributed by atoms with Crippen LogP contribution in [0.1, 0.15) is 29.4 Å². The molecule has 3 nitrogen and oxygen atoms in total. The zero-order valence-corrected chi connectivity index (χ0v) is 12.5. The molecule has 0 saturated carbocycles. The predicted molar refractivity (Wildman–Crippen MR) is 74.6 cm³/mol. The van der Waals surface area contributed by atoms with Crippen molar-refractivity contribution >= 4 is 21.7 Å². The highest BCUT2D eigenvalue weighted by Crippen LogP contribution is 2.19. The Balaban J connectivity index is 2.23. The van der Waals surface area contributed by atoms with Crippen LogP contribution in [0.4, 0.5) is 8.78 Å². The van der Waals surface area contributed by atoms with Crippen LogP contribution in [0.15, 0.2) is 28.9 Å². The summed E-state index contributed by atoms with van der Waals surface area (Å²) in [7, 11) is 0. The fourth-order valence-corrected chi connectivity index (χ4v) is 2.46. The van der Waals surface area contributed by atoms with Crippen molar-refractivity contribution in [2.24, 2.45) is 0 Å². The molecular formula is C14H13BrF2N2O.